The van der Waals surface area contributed by atoms with Gasteiger partial charge in [-0.25, -0.2) is 0 Å². The van der Waals surface area contributed by atoms with Crippen molar-refractivity contribution in [1.29, 1.82) is 0 Å². The molecule has 0 spiro atoms. The van der Waals surface area contributed by atoms with E-state index in [0.717, 1.165) is 32.6 Å². The average Bonchev–Trinajstić information content (AvgIpc) is 1.94. The zero-order chi connectivity index (χ0) is 8.32. The zero-order valence-corrected chi connectivity index (χ0v) is 7.43. The van der Waals surface area contributed by atoms with Gasteiger partial charge in [-0.05, 0) is 26.8 Å². The van der Waals surface area contributed by atoms with Crippen molar-refractivity contribution in [3.8, 4) is 0 Å². The molecule has 0 aliphatic carbocycles. The third-order valence-electron chi connectivity index (χ3n) is 2.31. The lowest BCUT2D eigenvalue weighted by atomic mass is 9.94. The van der Waals surface area contributed by atoms with Gasteiger partial charge in [-0.15, -0.1) is 0 Å². The summed E-state index contributed by atoms with van der Waals surface area (Å²) in [5.41, 5.74) is -0.412. The van der Waals surface area contributed by atoms with Crippen molar-refractivity contribution in [3.63, 3.8) is 0 Å². The number of nitrogens with one attached hydrogen (secondary N) is 1. The highest BCUT2D eigenvalue weighted by Gasteiger charge is 2.26. The number of hydrogen-bond acceptors (Lipinski definition) is 3. The molecule has 1 heterocycles. The van der Waals surface area contributed by atoms with E-state index in [1.54, 1.807) is 0 Å². The predicted octanol–water partition coefficient (Wildman–Crippen LogP) is 0.0101. The van der Waals surface area contributed by atoms with Crippen LogP contribution in [0.3, 0.4) is 0 Å². The van der Waals surface area contributed by atoms with Crippen molar-refractivity contribution in [2.24, 2.45) is 0 Å². The Morgan fingerprint density at radius 2 is 2.00 bits per heavy atom. The summed E-state index contributed by atoms with van der Waals surface area (Å²) in [5.74, 6) is 0. The molecule has 1 aliphatic heterocycles. The summed E-state index contributed by atoms with van der Waals surface area (Å²) in [6.07, 6.45) is 1.80. The van der Waals surface area contributed by atoms with Gasteiger partial charge in [0, 0.05) is 19.8 Å². The smallest absolute Gasteiger partial charge is 0.0644 e. The Kier molecular flexibility index (Phi) is 2.87. The summed E-state index contributed by atoms with van der Waals surface area (Å²) in [4.78, 5) is 2.32. The molecule has 0 aromatic heterocycles. The maximum Gasteiger partial charge on any atom is 0.0644 e. The lowest BCUT2D eigenvalue weighted by Gasteiger charge is -2.35. The fraction of sp³-hybridized carbons (Fsp3) is 1.00. The van der Waals surface area contributed by atoms with Crippen LogP contribution in [0, 0.1) is 0 Å². The Balaban J connectivity index is 2.25. The molecule has 1 saturated heterocycles. The number of hydrogen-bond donors (Lipinski definition) is 2. The highest BCUT2D eigenvalue weighted by atomic mass is 16.3. The van der Waals surface area contributed by atoms with Crippen LogP contribution < -0.4 is 5.32 Å². The number of aliphatic hydroxyl groups is 1. The predicted molar refractivity (Wildman–Crippen MR) is 45.4 cm³/mol. The number of piperidine rings is 1. The first-order valence-corrected chi connectivity index (χ1v) is 4.23. The maximum atomic E-state index is 9.61. The molecule has 3 nitrogen and oxygen atoms in total. The van der Waals surface area contributed by atoms with Crippen molar-refractivity contribution >= 4 is 0 Å². The van der Waals surface area contributed by atoms with E-state index in [0.29, 0.717) is 0 Å². The second-order valence-corrected chi connectivity index (χ2v) is 3.63. The van der Waals surface area contributed by atoms with E-state index in [9.17, 15) is 5.11 Å². The van der Waals surface area contributed by atoms with Gasteiger partial charge in [0.1, 0.15) is 0 Å². The van der Waals surface area contributed by atoms with Gasteiger partial charge in [0.25, 0.3) is 0 Å². The van der Waals surface area contributed by atoms with Gasteiger partial charge in [-0.3, -0.25) is 4.90 Å². The SMILES string of the molecule is CNCN1CCC(C)(O)CC1. The average molecular weight is 158 g/mol. The molecule has 1 aliphatic rings. The van der Waals surface area contributed by atoms with Gasteiger partial charge in [0.05, 0.1) is 5.60 Å². The molecule has 0 amide bonds. The highest BCUT2D eigenvalue weighted by molar-refractivity contribution is 4.80. The molecule has 0 atom stereocenters. The van der Waals surface area contributed by atoms with Crippen LogP contribution in [-0.4, -0.2) is 42.4 Å². The molecule has 0 unspecified atom stereocenters. The first-order valence-electron chi connectivity index (χ1n) is 4.23. The summed E-state index contributed by atoms with van der Waals surface area (Å²) < 4.78 is 0. The van der Waals surface area contributed by atoms with E-state index in [2.05, 4.69) is 10.2 Å². The minimum atomic E-state index is -0.412. The Bertz CT molecular complexity index is 115. The van der Waals surface area contributed by atoms with E-state index in [4.69, 9.17) is 0 Å². The van der Waals surface area contributed by atoms with Crippen LogP contribution in [0.5, 0.6) is 0 Å². The summed E-state index contributed by atoms with van der Waals surface area (Å²) in [6, 6.07) is 0. The van der Waals surface area contributed by atoms with E-state index < -0.39 is 5.60 Å². The molecule has 0 aromatic rings. The van der Waals surface area contributed by atoms with Crippen LogP contribution in [0.25, 0.3) is 0 Å². The van der Waals surface area contributed by atoms with Gasteiger partial charge >= 0.3 is 0 Å². The fourth-order valence-electron chi connectivity index (χ4n) is 1.42. The summed E-state index contributed by atoms with van der Waals surface area (Å²) in [6.45, 7) is 4.88. The second kappa shape index (κ2) is 3.52. The van der Waals surface area contributed by atoms with Gasteiger partial charge in [-0.1, -0.05) is 0 Å². The number of rotatable bonds is 2. The lowest BCUT2D eigenvalue weighted by Crippen LogP contribution is -2.45. The van der Waals surface area contributed by atoms with Crippen LogP contribution >= 0.6 is 0 Å². The van der Waals surface area contributed by atoms with Crippen molar-refractivity contribution < 1.29 is 5.11 Å². The third kappa shape index (κ3) is 2.77. The Hall–Kier alpha value is -0.120. The monoisotopic (exact) mass is 158 g/mol. The minimum absolute atomic E-state index is 0.412. The molecule has 1 fully saturated rings. The van der Waals surface area contributed by atoms with E-state index >= 15 is 0 Å². The summed E-state index contributed by atoms with van der Waals surface area (Å²) in [7, 11) is 1.95. The standard InChI is InChI=1S/C8H18N2O/c1-8(11)3-5-10(6-4-8)7-9-2/h9,11H,3-7H2,1-2H3. The van der Waals surface area contributed by atoms with Crippen molar-refractivity contribution in [3.05, 3.63) is 0 Å². The molecule has 0 aromatic carbocycles. The largest absolute Gasteiger partial charge is 0.390 e. The third-order valence-corrected chi connectivity index (χ3v) is 2.31. The molecular weight excluding hydrogens is 140 g/mol. The number of nitrogens with zero attached hydrogens (tertiary/aromatic N) is 1. The van der Waals surface area contributed by atoms with Crippen LogP contribution in [0.4, 0.5) is 0 Å². The Labute approximate surface area is 68.4 Å². The fourth-order valence-corrected chi connectivity index (χ4v) is 1.42. The molecule has 2 N–H and O–H groups in total. The van der Waals surface area contributed by atoms with E-state index in [1.807, 2.05) is 14.0 Å². The van der Waals surface area contributed by atoms with Crippen molar-refractivity contribution in [1.82, 2.24) is 10.2 Å². The zero-order valence-electron chi connectivity index (χ0n) is 7.43. The first-order chi connectivity index (χ1) is 5.14. The lowest BCUT2D eigenvalue weighted by molar-refractivity contribution is -0.00651. The van der Waals surface area contributed by atoms with Gasteiger partial charge in [-0.2, -0.15) is 0 Å². The molecule has 3 heteroatoms. The molecule has 1 rings (SSSR count). The van der Waals surface area contributed by atoms with Crippen molar-refractivity contribution in [2.45, 2.75) is 25.4 Å². The number of likely N-dealkylation sites (tertiary alicyclic amines) is 1. The van der Waals surface area contributed by atoms with Crippen LogP contribution in [0.1, 0.15) is 19.8 Å². The first kappa shape index (κ1) is 8.97. The molecule has 0 saturated carbocycles. The Morgan fingerprint density at radius 3 is 2.45 bits per heavy atom. The van der Waals surface area contributed by atoms with Crippen molar-refractivity contribution in [2.75, 3.05) is 26.8 Å². The topological polar surface area (TPSA) is 35.5 Å². The van der Waals surface area contributed by atoms with Gasteiger partial charge in [0.15, 0.2) is 0 Å². The van der Waals surface area contributed by atoms with Crippen LogP contribution in [0.15, 0.2) is 0 Å². The molecule has 11 heavy (non-hydrogen) atoms. The van der Waals surface area contributed by atoms with Crippen LogP contribution in [-0.2, 0) is 0 Å². The minimum Gasteiger partial charge on any atom is -0.390 e. The van der Waals surface area contributed by atoms with Crippen LogP contribution in [0.2, 0.25) is 0 Å². The molecule has 0 radical (unpaired) electrons. The highest BCUT2D eigenvalue weighted by Crippen LogP contribution is 2.20. The quantitative estimate of drug-likeness (QED) is 0.594. The molecular formula is C8H18N2O. The normalized spacial score (nSPS) is 25.4. The summed E-state index contributed by atoms with van der Waals surface area (Å²) >= 11 is 0. The summed E-state index contributed by atoms with van der Waals surface area (Å²) in [5, 5.41) is 12.7. The Morgan fingerprint density at radius 1 is 1.45 bits per heavy atom. The maximum absolute atomic E-state index is 9.61. The molecule has 0 bridgehead atoms. The van der Waals surface area contributed by atoms with E-state index in [1.165, 1.54) is 0 Å². The van der Waals surface area contributed by atoms with Gasteiger partial charge < -0.3 is 10.4 Å². The van der Waals surface area contributed by atoms with E-state index in [-0.39, 0.29) is 0 Å². The second-order valence-electron chi connectivity index (χ2n) is 3.63. The van der Waals surface area contributed by atoms with Gasteiger partial charge in [0.2, 0.25) is 0 Å². The molecule has 66 valence electrons.